The highest BCUT2D eigenvalue weighted by Gasteiger charge is 2.23. The molecule has 0 unspecified atom stereocenters. The van der Waals surface area contributed by atoms with Gasteiger partial charge in [-0.3, -0.25) is 4.79 Å². The number of carbonyl (C=O) groups excluding carboxylic acids is 1. The lowest BCUT2D eigenvalue weighted by atomic mass is 10.0. The molecule has 0 aromatic carbocycles. The van der Waals surface area contributed by atoms with Gasteiger partial charge in [-0.2, -0.15) is 0 Å². The molecule has 0 atom stereocenters. The summed E-state index contributed by atoms with van der Waals surface area (Å²) < 4.78 is 5.35. The zero-order valence-electron chi connectivity index (χ0n) is 9.01. The van der Waals surface area contributed by atoms with Crippen molar-refractivity contribution in [1.82, 2.24) is 10.6 Å². The molecule has 0 spiro atoms. The van der Waals surface area contributed by atoms with Crippen LogP contribution in [0.3, 0.4) is 0 Å². The van der Waals surface area contributed by atoms with Crippen LogP contribution in [0.2, 0.25) is 0 Å². The lowest BCUT2D eigenvalue weighted by Crippen LogP contribution is -2.51. The summed E-state index contributed by atoms with van der Waals surface area (Å²) in [6.45, 7) is 7.86. The molecule has 1 rings (SSSR count). The Labute approximate surface area is 85.4 Å². The van der Waals surface area contributed by atoms with Gasteiger partial charge < -0.3 is 15.4 Å². The number of nitrogens with one attached hydrogen (secondary N) is 2. The van der Waals surface area contributed by atoms with E-state index >= 15 is 0 Å². The molecular formula is C10H20N2O2. The average molecular weight is 200 g/mol. The van der Waals surface area contributed by atoms with Gasteiger partial charge in [-0.1, -0.05) is 13.8 Å². The predicted molar refractivity (Wildman–Crippen MR) is 55.0 cm³/mol. The first-order valence-corrected chi connectivity index (χ1v) is 5.26. The monoisotopic (exact) mass is 200 g/mol. The van der Waals surface area contributed by atoms with Gasteiger partial charge in [0.25, 0.3) is 0 Å². The van der Waals surface area contributed by atoms with Crippen LogP contribution in [-0.4, -0.2) is 38.8 Å². The average Bonchev–Trinajstić information content (AvgIpc) is 1.99. The molecule has 4 nitrogen and oxygen atoms in total. The predicted octanol–water partition coefficient (Wildman–Crippen LogP) is -0.00540. The number of carbonyl (C=O) groups is 1. The van der Waals surface area contributed by atoms with Crippen molar-refractivity contribution >= 4 is 5.91 Å². The Hall–Kier alpha value is -0.610. The molecule has 1 amide bonds. The number of amides is 1. The fourth-order valence-corrected chi connectivity index (χ4v) is 1.18. The van der Waals surface area contributed by atoms with Crippen molar-refractivity contribution in [3.63, 3.8) is 0 Å². The van der Waals surface area contributed by atoms with Crippen LogP contribution in [0.4, 0.5) is 0 Å². The summed E-state index contributed by atoms with van der Waals surface area (Å²) in [5.41, 5.74) is 0. The van der Waals surface area contributed by atoms with Crippen molar-refractivity contribution in [2.75, 3.05) is 32.8 Å². The van der Waals surface area contributed by atoms with Crippen LogP contribution in [0.15, 0.2) is 0 Å². The third-order valence-electron chi connectivity index (χ3n) is 2.15. The lowest BCUT2D eigenvalue weighted by Gasteiger charge is -2.25. The minimum Gasteiger partial charge on any atom is -0.379 e. The summed E-state index contributed by atoms with van der Waals surface area (Å²) in [5, 5.41) is 5.92. The molecule has 14 heavy (non-hydrogen) atoms. The van der Waals surface area contributed by atoms with Crippen LogP contribution in [-0.2, 0) is 9.53 Å². The first-order valence-electron chi connectivity index (χ1n) is 5.26. The van der Waals surface area contributed by atoms with E-state index in [1.54, 1.807) is 0 Å². The SMILES string of the molecule is CC(C)COCCNC(=O)C1CNC1. The molecule has 0 aliphatic carbocycles. The van der Waals surface area contributed by atoms with Gasteiger partial charge in [-0.25, -0.2) is 0 Å². The Morgan fingerprint density at radius 2 is 2.29 bits per heavy atom. The van der Waals surface area contributed by atoms with Crippen LogP contribution >= 0.6 is 0 Å². The fourth-order valence-electron chi connectivity index (χ4n) is 1.18. The maximum absolute atomic E-state index is 11.3. The summed E-state index contributed by atoms with van der Waals surface area (Å²) in [5.74, 6) is 0.888. The van der Waals surface area contributed by atoms with Crippen LogP contribution < -0.4 is 10.6 Å². The van der Waals surface area contributed by atoms with Crippen molar-refractivity contribution in [2.24, 2.45) is 11.8 Å². The second kappa shape index (κ2) is 5.98. The Morgan fingerprint density at radius 1 is 1.57 bits per heavy atom. The van der Waals surface area contributed by atoms with E-state index in [0.29, 0.717) is 19.1 Å². The molecule has 1 saturated heterocycles. The molecule has 1 heterocycles. The Kier molecular flexibility index (Phi) is 4.90. The first kappa shape index (κ1) is 11.5. The molecule has 0 radical (unpaired) electrons. The molecule has 0 aromatic heterocycles. The van der Waals surface area contributed by atoms with Crippen molar-refractivity contribution in [2.45, 2.75) is 13.8 Å². The molecule has 1 aliphatic rings. The van der Waals surface area contributed by atoms with E-state index in [-0.39, 0.29) is 11.8 Å². The summed E-state index contributed by atoms with van der Waals surface area (Å²) in [6, 6.07) is 0. The van der Waals surface area contributed by atoms with Gasteiger partial charge in [-0.15, -0.1) is 0 Å². The van der Waals surface area contributed by atoms with Crippen LogP contribution in [0, 0.1) is 11.8 Å². The summed E-state index contributed by atoms with van der Waals surface area (Å²) in [4.78, 5) is 11.3. The third-order valence-corrected chi connectivity index (χ3v) is 2.15. The van der Waals surface area contributed by atoms with Gasteiger partial charge in [-0.05, 0) is 5.92 Å². The highest BCUT2D eigenvalue weighted by Crippen LogP contribution is 2.01. The fraction of sp³-hybridized carbons (Fsp3) is 0.900. The zero-order valence-corrected chi connectivity index (χ0v) is 9.01. The third kappa shape index (κ3) is 4.07. The van der Waals surface area contributed by atoms with Crippen LogP contribution in [0.5, 0.6) is 0 Å². The minimum absolute atomic E-state index is 0.150. The maximum atomic E-state index is 11.3. The molecule has 0 aromatic rings. The second-order valence-electron chi connectivity index (χ2n) is 4.11. The van der Waals surface area contributed by atoms with Crippen LogP contribution in [0.25, 0.3) is 0 Å². The topological polar surface area (TPSA) is 50.4 Å². The number of hydrogen-bond acceptors (Lipinski definition) is 3. The molecule has 1 aliphatic heterocycles. The highest BCUT2D eigenvalue weighted by molar-refractivity contribution is 5.79. The minimum atomic E-state index is 0.150. The maximum Gasteiger partial charge on any atom is 0.225 e. The van der Waals surface area contributed by atoms with E-state index in [1.807, 2.05) is 0 Å². The largest absolute Gasteiger partial charge is 0.379 e. The van der Waals surface area contributed by atoms with Crippen molar-refractivity contribution in [3.05, 3.63) is 0 Å². The Balaban J connectivity index is 1.90. The first-order chi connectivity index (χ1) is 6.70. The van der Waals surface area contributed by atoms with Gasteiger partial charge >= 0.3 is 0 Å². The second-order valence-corrected chi connectivity index (χ2v) is 4.11. The van der Waals surface area contributed by atoms with E-state index in [9.17, 15) is 4.79 Å². The van der Waals surface area contributed by atoms with Gasteiger partial charge in [0.1, 0.15) is 0 Å². The van der Waals surface area contributed by atoms with Crippen molar-refractivity contribution in [3.8, 4) is 0 Å². The molecule has 2 N–H and O–H groups in total. The molecule has 4 heteroatoms. The summed E-state index contributed by atoms with van der Waals surface area (Å²) in [7, 11) is 0. The van der Waals surface area contributed by atoms with Gasteiger partial charge in [0, 0.05) is 26.2 Å². The van der Waals surface area contributed by atoms with Crippen molar-refractivity contribution in [1.29, 1.82) is 0 Å². The van der Waals surface area contributed by atoms with E-state index < -0.39 is 0 Å². The van der Waals surface area contributed by atoms with E-state index in [4.69, 9.17) is 4.74 Å². The summed E-state index contributed by atoms with van der Waals surface area (Å²) in [6.07, 6.45) is 0. The van der Waals surface area contributed by atoms with Gasteiger partial charge in [0.05, 0.1) is 12.5 Å². The highest BCUT2D eigenvalue weighted by atomic mass is 16.5. The van der Waals surface area contributed by atoms with Crippen LogP contribution in [0.1, 0.15) is 13.8 Å². The van der Waals surface area contributed by atoms with E-state index in [1.165, 1.54) is 0 Å². The Bertz CT molecular complexity index is 179. The van der Waals surface area contributed by atoms with Crippen molar-refractivity contribution < 1.29 is 9.53 Å². The lowest BCUT2D eigenvalue weighted by molar-refractivity contribution is -0.126. The number of ether oxygens (including phenoxy) is 1. The normalized spacial score (nSPS) is 16.8. The standard InChI is InChI=1S/C10H20N2O2/c1-8(2)7-14-4-3-12-10(13)9-5-11-6-9/h8-9,11H,3-7H2,1-2H3,(H,12,13). The van der Waals surface area contributed by atoms with Gasteiger partial charge in [0.15, 0.2) is 0 Å². The van der Waals surface area contributed by atoms with E-state index in [0.717, 1.165) is 19.7 Å². The zero-order chi connectivity index (χ0) is 10.4. The molecule has 1 fully saturated rings. The Morgan fingerprint density at radius 3 is 2.79 bits per heavy atom. The van der Waals surface area contributed by atoms with E-state index in [2.05, 4.69) is 24.5 Å². The quantitative estimate of drug-likeness (QED) is 0.593. The number of rotatable bonds is 6. The number of hydrogen-bond donors (Lipinski definition) is 2. The molecule has 82 valence electrons. The molecule has 0 saturated carbocycles. The smallest absolute Gasteiger partial charge is 0.225 e. The summed E-state index contributed by atoms with van der Waals surface area (Å²) >= 11 is 0. The molecular weight excluding hydrogens is 180 g/mol. The molecule has 0 bridgehead atoms. The van der Waals surface area contributed by atoms with Gasteiger partial charge in [0.2, 0.25) is 5.91 Å².